The van der Waals surface area contributed by atoms with Crippen molar-refractivity contribution in [2.75, 3.05) is 19.7 Å². The molecule has 18 heteroatoms. The van der Waals surface area contributed by atoms with E-state index in [1.165, 1.54) is 12.1 Å². The van der Waals surface area contributed by atoms with Gasteiger partial charge in [0.05, 0.1) is 0 Å². The van der Waals surface area contributed by atoms with Crippen LogP contribution < -0.4 is 16.0 Å². The number of hydrogen-bond acceptors (Lipinski definition) is 9. The van der Waals surface area contributed by atoms with Crippen molar-refractivity contribution in [2.24, 2.45) is 0 Å². The summed E-state index contributed by atoms with van der Waals surface area (Å²) in [7, 11) is 0. The van der Waals surface area contributed by atoms with E-state index in [1.54, 1.807) is 39.0 Å². The third kappa shape index (κ3) is 11.1. The van der Waals surface area contributed by atoms with E-state index < -0.39 is 84.4 Å². The lowest BCUT2D eigenvalue weighted by molar-refractivity contribution is -0.187. The standard InChI is InChI=1S/C50H53F4N5O9/c1-30(50(52,53)54)58(27-31-16-19-34(51)20-17-31)42(60)28-59-44(62)49(68-47(59)65)23-22-33-25-32(18-21-40(33)49)26-56-43(61)41(57-46(64)67-48(2,3)4)15-9-10-24-55-45(63)66-29-39-37-13-7-5-11-35(37)36-12-6-8-14-38(36)39/h5-8,11-14,16-21,25,30,39,41H,9-10,15,22-24,26-29H2,1-4H3,(H,55,63)(H,56,61)(H,57,64)/t30-,41?,49+/m0/s1. The Labute approximate surface area is 390 Å². The van der Waals surface area contributed by atoms with Gasteiger partial charge in [-0.1, -0.05) is 78.9 Å². The smallest absolute Gasteiger partial charge is 0.418 e. The molecule has 6 amide bonds. The summed E-state index contributed by atoms with van der Waals surface area (Å²) in [5, 5.41) is 8.24. The van der Waals surface area contributed by atoms with Crippen molar-refractivity contribution < 1.29 is 60.5 Å². The molecule has 14 nitrogen and oxygen atoms in total. The van der Waals surface area contributed by atoms with Gasteiger partial charge in [0.25, 0.3) is 5.91 Å². The first-order valence-corrected chi connectivity index (χ1v) is 22.4. The molecule has 0 radical (unpaired) electrons. The maximum Gasteiger partial charge on any atom is 0.418 e. The number of fused-ring (bicyclic) bond motifs is 5. The predicted molar refractivity (Wildman–Crippen MR) is 239 cm³/mol. The van der Waals surface area contributed by atoms with Gasteiger partial charge in [-0.3, -0.25) is 14.4 Å². The number of carbonyl (C=O) groups is 6. The number of rotatable bonds is 16. The molecule has 3 atom stereocenters. The number of carbonyl (C=O) groups excluding carboxylic acids is 6. The Bertz CT molecular complexity index is 2520. The number of halogens is 4. The quantitative estimate of drug-likeness (QED) is 0.0570. The van der Waals surface area contributed by atoms with Crippen molar-refractivity contribution in [3.8, 4) is 11.1 Å². The monoisotopic (exact) mass is 943 g/mol. The van der Waals surface area contributed by atoms with Crippen LogP contribution in [0.4, 0.5) is 31.9 Å². The summed E-state index contributed by atoms with van der Waals surface area (Å²) >= 11 is 0. The molecular weight excluding hydrogens is 891 g/mol. The number of ether oxygens (including phenoxy) is 3. The van der Waals surface area contributed by atoms with Crippen LogP contribution in [-0.2, 0) is 53.7 Å². The molecule has 4 aromatic carbocycles. The van der Waals surface area contributed by atoms with Gasteiger partial charge < -0.3 is 35.1 Å². The van der Waals surface area contributed by atoms with Crippen molar-refractivity contribution in [1.82, 2.24) is 25.8 Å². The van der Waals surface area contributed by atoms with Gasteiger partial charge >= 0.3 is 24.5 Å². The Morgan fingerprint density at radius 3 is 2.16 bits per heavy atom. The lowest BCUT2D eigenvalue weighted by atomic mass is 9.94. The fourth-order valence-electron chi connectivity index (χ4n) is 8.79. The summed E-state index contributed by atoms with van der Waals surface area (Å²) in [5.74, 6) is -3.29. The van der Waals surface area contributed by atoms with Crippen LogP contribution in [0.2, 0.25) is 0 Å². The normalized spacial score (nSPS) is 17.1. The molecule has 1 saturated heterocycles. The van der Waals surface area contributed by atoms with Crippen molar-refractivity contribution >= 4 is 36.0 Å². The van der Waals surface area contributed by atoms with Gasteiger partial charge in [0, 0.05) is 37.5 Å². The second-order valence-electron chi connectivity index (χ2n) is 18.1. The van der Waals surface area contributed by atoms with E-state index in [4.69, 9.17) is 14.2 Å². The molecule has 3 aliphatic rings. The molecule has 7 rings (SSSR count). The number of benzene rings is 4. The van der Waals surface area contributed by atoms with E-state index in [2.05, 4.69) is 28.1 Å². The Morgan fingerprint density at radius 2 is 1.51 bits per heavy atom. The molecule has 68 heavy (non-hydrogen) atoms. The number of amides is 6. The summed E-state index contributed by atoms with van der Waals surface area (Å²) in [6.07, 6.45) is -6.04. The van der Waals surface area contributed by atoms with E-state index in [1.807, 2.05) is 36.4 Å². The van der Waals surface area contributed by atoms with Gasteiger partial charge in [-0.25, -0.2) is 23.7 Å². The molecule has 2 aliphatic carbocycles. The van der Waals surface area contributed by atoms with Crippen LogP contribution in [0.15, 0.2) is 91.0 Å². The summed E-state index contributed by atoms with van der Waals surface area (Å²) in [4.78, 5) is 80.6. The highest BCUT2D eigenvalue weighted by Gasteiger charge is 2.58. The third-order valence-electron chi connectivity index (χ3n) is 12.3. The number of alkyl halides is 3. The second kappa shape index (κ2) is 20.1. The SMILES string of the molecule is C[C@H](N(Cc1ccc(F)cc1)C(=O)CN1C(=O)O[C@@]2(CCc3cc(CNC(=O)C(CCCCNC(=O)OCC4c5ccccc5-c5ccccc54)NC(=O)OC(C)(C)C)ccc32)C1=O)C(F)(F)F. The van der Waals surface area contributed by atoms with Crippen LogP contribution in [0.3, 0.4) is 0 Å². The van der Waals surface area contributed by atoms with Crippen LogP contribution in [-0.4, -0.2) is 89.4 Å². The van der Waals surface area contributed by atoms with Gasteiger partial charge in [0.2, 0.25) is 17.4 Å². The van der Waals surface area contributed by atoms with Crippen LogP contribution in [0.1, 0.15) is 92.7 Å². The van der Waals surface area contributed by atoms with E-state index in [9.17, 15) is 46.3 Å². The average Bonchev–Trinajstić information content (AvgIpc) is 3.90. The molecular formula is C50H53F4N5O9. The Morgan fingerprint density at radius 1 is 0.868 bits per heavy atom. The highest BCUT2D eigenvalue weighted by molar-refractivity contribution is 6.06. The van der Waals surface area contributed by atoms with Crippen molar-refractivity contribution in [3.05, 3.63) is 130 Å². The zero-order valence-corrected chi connectivity index (χ0v) is 38.0. The molecule has 1 aliphatic heterocycles. The topological polar surface area (TPSA) is 173 Å². The van der Waals surface area contributed by atoms with Gasteiger partial charge in [0.15, 0.2) is 0 Å². The lowest BCUT2D eigenvalue weighted by Crippen LogP contribution is -2.51. The number of hydrogen-bond donors (Lipinski definition) is 3. The number of imide groups is 1. The minimum atomic E-state index is -4.85. The molecule has 3 N–H and O–H groups in total. The predicted octanol–water partition coefficient (Wildman–Crippen LogP) is 8.14. The van der Waals surface area contributed by atoms with Crippen LogP contribution in [0, 0.1) is 5.82 Å². The first-order chi connectivity index (χ1) is 32.2. The lowest BCUT2D eigenvalue weighted by Gasteiger charge is -2.31. The van der Waals surface area contributed by atoms with Crippen LogP contribution in [0.25, 0.3) is 11.1 Å². The zero-order valence-electron chi connectivity index (χ0n) is 38.0. The maximum absolute atomic E-state index is 13.9. The molecule has 360 valence electrons. The molecule has 1 fully saturated rings. The van der Waals surface area contributed by atoms with Crippen LogP contribution in [0.5, 0.6) is 0 Å². The summed E-state index contributed by atoms with van der Waals surface area (Å²) < 4.78 is 71.8. The van der Waals surface area contributed by atoms with E-state index in [-0.39, 0.29) is 50.4 Å². The molecule has 0 bridgehead atoms. The highest BCUT2D eigenvalue weighted by Crippen LogP contribution is 2.46. The van der Waals surface area contributed by atoms with Crippen molar-refractivity contribution in [3.63, 3.8) is 0 Å². The molecule has 0 aromatic heterocycles. The number of nitrogens with zero attached hydrogens (tertiary/aromatic N) is 2. The summed E-state index contributed by atoms with van der Waals surface area (Å²) in [6.45, 7) is 4.69. The van der Waals surface area contributed by atoms with E-state index in [0.717, 1.165) is 41.3 Å². The van der Waals surface area contributed by atoms with Gasteiger partial charge in [-0.05, 0) is 104 Å². The van der Waals surface area contributed by atoms with Crippen molar-refractivity contribution in [1.29, 1.82) is 0 Å². The molecule has 0 saturated carbocycles. The third-order valence-corrected chi connectivity index (χ3v) is 12.3. The Hall–Kier alpha value is -6.98. The first kappa shape index (κ1) is 48.9. The number of nitrogens with one attached hydrogen (secondary N) is 3. The van der Waals surface area contributed by atoms with Gasteiger partial charge in [0.1, 0.15) is 36.7 Å². The number of alkyl carbamates (subject to hydrolysis) is 2. The fraction of sp³-hybridized carbons (Fsp3) is 0.400. The minimum absolute atomic E-state index is 0.00366. The van der Waals surface area contributed by atoms with Crippen molar-refractivity contribution in [2.45, 2.75) is 108 Å². The summed E-state index contributed by atoms with van der Waals surface area (Å²) in [6, 6.07) is 22.2. The number of aryl methyl sites for hydroxylation is 1. The molecule has 1 spiro atoms. The Kier molecular flexibility index (Phi) is 14.5. The largest absolute Gasteiger partial charge is 0.449 e. The molecule has 1 unspecified atom stereocenters. The minimum Gasteiger partial charge on any atom is -0.449 e. The van der Waals surface area contributed by atoms with Gasteiger partial charge in [-0.2, -0.15) is 13.2 Å². The van der Waals surface area contributed by atoms with Crippen LogP contribution >= 0.6 is 0 Å². The summed E-state index contributed by atoms with van der Waals surface area (Å²) in [5.41, 5.74) is 3.54. The highest BCUT2D eigenvalue weighted by atomic mass is 19.4. The fourth-order valence-corrected chi connectivity index (χ4v) is 8.79. The zero-order chi connectivity index (χ0) is 49.0. The van der Waals surface area contributed by atoms with E-state index in [0.29, 0.717) is 39.3 Å². The maximum atomic E-state index is 13.9. The van der Waals surface area contributed by atoms with Gasteiger partial charge in [-0.15, -0.1) is 0 Å². The van der Waals surface area contributed by atoms with E-state index >= 15 is 0 Å². The molecule has 4 aromatic rings. The first-order valence-electron chi connectivity index (χ1n) is 22.4. The Balaban J connectivity index is 0.928. The number of unbranched alkanes of at least 4 members (excludes halogenated alkanes) is 1. The molecule has 1 heterocycles. The second-order valence-corrected chi connectivity index (χ2v) is 18.1. The average molecular weight is 944 g/mol.